The third-order valence-corrected chi connectivity index (χ3v) is 3.84. The summed E-state index contributed by atoms with van der Waals surface area (Å²) in [6, 6.07) is 4.99. The number of nitrogens with zero attached hydrogens (tertiary/aromatic N) is 4. The molecule has 23 heavy (non-hydrogen) atoms. The van der Waals surface area contributed by atoms with Crippen LogP contribution in [0, 0.1) is 11.3 Å². The number of aromatic nitrogens is 3. The largest absolute Gasteiger partial charge is 0.371 e. The number of rotatable bonds is 4. The molecule has 7 heteroatoms. The van der Waals surface area contributed by atoms with E-state index in [4.69, 9.17) is 10.00 Å². The van der Waals surface area contributed by atoms with Crippen molar-refractivity contribution >= 4 is 5.91 Å². The molecule has 7 nitrogen and oxygen atoms in total. The zero-order chi connectivity index (χ0) is 16.2. The van der Waals surface area contributed by atoms with Gasteiger partial charge in [0.05, 0.1) is 17.8 Å². The molecular weight excluding hydrogens is 294 g/mol. The lowest BCUT2D eigenvalue weighted by molar-refractivity contribution is 0.0818. The summed E-state index contributed by atoms with van der Waals surface area (Å²) in [6.45, 7) is 3.40. The molecule has 2 aromatic heterocycles. The summed E-state index contributed by atoms with van der Waals surface area (Å²) in [5.74, 6) is -0.266. The lowest BCUT2D eigenvalue weighted by Gasteiger charge is -2.18. The molecule has 118 valence electrons. The number of ether oxygens (including phenoxy) is 1. The van der Waals surface area contributed by atoms with Gasteiger partial charge < -0.3 is 10.1 Å². The van der Waals surface area contributed by atoms with Crippen molar-refractivity contribution in [2.24, 2.45) is 0 Å². The molecule has 0 aromatic carbocycles. The molecule has 3 rings (SSSR count). The average Bonchev–Trinajstić information content (AvgIpc) is 3.23. The highest BCUT2D eigenvalue weighted by molar-refractivity contribution is 5.92. The van der Waals surface area contributed by atoms with Gasteiger partial charge in [0.25, 0.3) is 5.91 Å². The van der Waals surface area contributed by atoms with Crippen LogP contribution < -0.4 is 5.32 Å². The number of carbonyl (C=O) groups excluding carboxylic acids is 1. The van der Waals surface area contributed by atoms with Crippen molar-refractivity contribution in [2.45, 2.75) is 32.0 Å². The van der Waals surface area contributed by atoms with E-state index in [0.717, 1.165) is 18.5 Å². The Morgan fingerprint density at radius 1 is 1.52 bits per heavy atom. The SMILES string of the molecule is CCn1cc([C@H]2OCC[C@@H]2NC(=O)c2ccc(C#N)cn2)cn1. The summed E-state index contributed by atoms with van der Waals surface area (Å²) in [5, 5.41) is 16.0. The topological polar surface area (TPSA) is 92.8 Å². The molecule has 2 aromatic rings. The minimum Gasteiger partial charge on any atom is -0.371 e. The highest BCUT2D eigenvalue weighted by atomic mass is 16.5. The van der Waals surface area contributed by atoms with Crippen molar-refractivity contribution in [2.75, 3.05) is 6.61 Å². The minimum absolute atomic E-state index is 0.116. The summed E-state index contributed by atoms with van der Waals surface area (Å²) in [7, 11) is 0. The number of pyridine rings is 1. The Hall–Kier alpha value is -2.72. The molecule has 0 saturated carbocycles. The Balaban J connectivity index is 1.70. The number of amides is 1. The van der Waals surface area contributed by atoms with Crippen LogP contribution in [0.4, 0.5) is 0 Å². The molecule has 0 radical (unpaired) electrons. The van der Waals surface area contributed by atoms with Crippen molar-refractivity contribution in [3.63, 3.8) is 0 Å². The van der Waals surface area contributed by atoms with Crippen molar-refractivity contribution in [1.82, 2.24) is 20.1 Å². The molecule has 1 N–H and O–H groups in total. The molecule has 1 aliphatic heterocycles. The van der Waals surface area contributed by atoms with Crippen LogP contribution in [0.1, 0.15) is 41.1 Å². The Morgan fingerprint density at radius 3 is 3.04 bits per heavy atom. The van der Waals surface area contributed by atoms with Crippen LogP contribution in [0.15, 0.2) is 30.7 Å². The van der Waals surface area contributed by atoms with Gasteiger partial charge in [-0.25, -0.2) is 4.98 Å². The van der Waals surface area contributed by atoms with Crippen LogP contribution in [-0.4, -0.2) is 33.3 Å². The molecule has 0 spiro atoms. The first kappa shape index (κ1) is 15.2. The van der Waals surface area contributed by atoms with Gasteiger partial charge in [0.1, 0.15) is 17.9 Å². The molecular formula is C16H17N5O2. The van der Waals surface area contributed by atoms with E-state index in [2.05, 4.69) is 15.4 Å². The van der Waals surface area contributed by atoms with Crippen LogP contribution in [0.3, 0.4) is 0 Å². The Labute approximate surface area is 133 Å². The number of hydrogen-bond acceptors (Lipinski definition) is 5. The lowest BCUT2D eigenvalue weighted by atomic mass is 10.1. The second kappa shape index (κ2) is 6.58. The van der Waals surface area contributed by atoms with Crippen LogP contribution >= 0.6 is 0 Å². The Morgan fingerprint density at radius 2 is 2.39 bits per heavy atom. The van der Waals surface area contributed by atoms with Crippen molar-refractivity contribution in [1.29, 1.82) is 5.26 Å². The summed E-state index contributed by atoms with van der Waals surface area (Å²) < 4.78 is 7.58. The van der Waals surface area contributed by atoms with Gasteiger partial charge in [-0.1, -0.05) is 0 Å². The maximum absolute atomic E-state index is 12.3. The van der Waals surface area contributed by atoms with Gasteiger partial charge in [-0.15, -0.1) is 0 Å². The third kappa shape index (κ3) is 3.22. The van der Waals surface area contributed by atoms with Crippen LogP contribution in [-0.2, 0) is 11.3 Å². The second-order valence-electron chi connectivity index (χ2n) is 5.33. The van der Waals surface area contributed by atoms with Crippen LogP contribution in [0.2, 0.25) is 0 Å². The fourth-order valence-corrected chi connectivity index (χ4v) is 2.60. The minimum atomic E-state index is -0.266. The molecule has 1 saturated heterocycles. The maximum Gasteiger partial charge on any atom is 0.270 e. The first-order valence-electron chi connectivity index (χ1n) is 7.52. The fourth-order valence-electron chi connectivity index (χ4n) is 2.60. The van der Waals surface area contributed by atoms with E-state index in [0.29, 0.717) is 17.9 Å². The maximum atomic E-state index is 12.3. The quantitative estimate of drug-likeness (QED) is 0.922. The Kier molecular flexibility index (Phi) is 4.35. The molecule has 1 fully saturated rings. The molecule has 2 atom stereocenters. The highest BCUT2D eigenvalue weighted by Gasteiger charge is 2.32. The zero-order valence-electron chi connectivity index (χ0n) is 12.8. The van der Waals surface area contributed by atoms with E-state index < -0.39 is 0 Å². The normalized spacial score (nSPS) is 20.2. The molecule has 0 unspecified atom stereocenters. The second-order valence-corrected chi connectivity index (χ2v) is 5.33. The van der Waals surface area contributed by atoms with E-state index in [-0.39, 0.29) is 18.1 Å². The summed E-state index contributed by atoms with van der Waals surface area (Å²) in [4.78, 5) is 16.3. The van der Waals surface area contributed by atoms with Gasteiger partial charge in [-0.2, -0.15) is 10.4 Å². The molecule has 1 aliphatic rings. The molecule has 3 heterocycles. The van der Waals surface area contributed by atoms with Crippen LogP contribution in [0.25, 0.3) is 0 Å². The van der Waals surface area contributed by atoms with Gasteiger partial charge in [0, 0.05) is 31.1 Å². The standard InChI is InChI=1S/C16H17N5O2/c1-2-21-10-12(9-19-21)15-13(5-6-23-15)20-16(22)14-4-3-11(7-17)8-18-14/h3-4,8-10,13,15H,2,5-6H2,1H3,(H,20,22)/t13-,15+/m0/s1. The summed E-state index contributed by atoms with van der Waals surface area (Å²) >= 11 is 0. The zero-order valence-corrected chi connectivity index (χ0v) is 12.8. The van der Waals surface area contributed by atoms with Crippen LogP contribution in [0.5, 0.6) is 0 Å². The predicted octanol–water partition coefficient (Wildman–Crippen LogP) is 1.43. The first-order chi connectivity index (χ1) is 11.2. The van der Waals surface area contributed by atoms with Crippen molar-refractivity contribution < 1.29 is 9.53 Å². The summed E-state index contributed by atoms with van der Waals surface area (Å²) in [5.41, 5.74) is 1.68. The van der Waals surface area contributed by atoms with Gasteiger partial charge in [-0.05, 0) is 25.5 Å². The average molecular weight is 311 g/mol. The third-order valence-electron chi connectivity index (χ3n) is 3.84. The van der Waals surface area contributed by atoms with Gasteiger partial charge >= 0.3 is 0 Å². The van der Waals surface area contributed by atoms with E-state index in [1.807, 2.05) is 23.9 Å². The number of nitriles is 1. The number of carbonyl (C=O) groups is 1. The van der Waals surface area contributed by atoms with E-state index in [9.17, 15) is 4.79 Å². The number of nitrogens with one attached hydrogen (secondary N) is 1. The van der Waals surface area contributed by atoms with Gasteiger partial charge in [0.15, 0.2) is 0 Å². The fraction of sp³-hybridized carbons (Fsp3) is 0.375. The molecule has 0 aliphatic carbocycles. The van der Waals surface area contributed by atoms with Gasteiger partial charge in [-0.3, -0.25) is 9.48 Å². The highest BCUT2D eigenvalue weighted by Crippen LogP contribution is 2.29. The molecule has 0 bridgehead atoms. The summed E-state index contributed by atoms with van der Waals surface area (Å²) in [6.07, 6.45) is 5.65. The van der Waals surface area contributed by atoms with Crippen molar-refractivity contribution in [3.8, 4) is 6.07 Å². The predicted molar refractivity (Wildman–Crippen MR) is 81.4 cm³/mol. The van der Waals surface area contributed by atoms with Gasteiger partial charge in [0.2, 0.25) is 0 Å². The van der Waals surface area contributed by atoms with Crippen molar-refractivity contribution in [3.05, 3.63) is 47.5 Å². The first-order valence-corrected chi connectivity index (χ1v) is 7.52. The molecule has 1 amide bonds. The monoisotopic (exact) mass is 311 g/mol. The number of aryl methyl sites for hydroxylation is 1. The number of hydrogen-bond donors (Lipinski definition) is 1. The Bertz CT molecular complexity index is 732. The van der Waals surface area contributed by atoms with E-state index in [1.165, 1.54) is 6.20 Å². The lowest BCUT2D eigenvalue weighted by Crippen LogP contribution is -2.37. The van der Waals surface area contributed by atoms with E-state index >= 15 is 0 Å². The van der Waals surface area contributed by atoms with E-state index in [1.54, 1.807) is 18.3 Å². The smallest absolute Gasteiger partial charge is 0.270 e.